The second-order valence-corrected chi connectivity index (χ2v) is 11.0. The third kappa shape index (κ3) is 4.23. The lowest BCUT2D eigenvalue weighted by molar-refractivity contribution is 0.384. The van der Waals surface area contributed by atoms with Gasteiger partial charge in [-0.1, -0.05) is 10.5 Å². The molecule has 1 aromatic carbocycles. The van der Waals surface area contributed by atoms with Crippen LogP contribution in [0, 0.1) is 8.99 Å². The van der Waals surface area contributed by atoms with E-state index in [0.29, 0.717) is 5.41 Å². The standard InChI is InChI=1S/C18H25IN2OS/c1-17(2,3)23(22)20-13-14-4-5-15(19)12-16(14)21-10-8-18(6-7-18)9-11-21/h4-5,12-13H,6-11H2,1-3H3/b20-13+. The molecule has 2 fully saturated rings. The van der Waals surface area contributed by atoms with Crippen LogP contribution in [0.4, 0.5) is 5.69 Å². The highest BCUT2D eigenvalue weighted by molar-refractivity contribution is 14.1. The minimum atomic E-state index is -1.21. The van der Waals surface area contributed by atoms with Crippen LogP contribution >= 0.6 is 22.6 Å². The van der Waals surface area contributed by atoms with Gasteiger partial charge in [0.05, 0.1) is 6.21 Å². The quantitative estimate of drug-likeness (QED) is 0.390. The van der Waals surface area contributed by atoms with Gasteiger partial charge in [-0.15, -0.1) is 0 Å². The Hall–Kier alpha value is -0.270. The van der Waals surface area contributed by atoms with E-state index in [1.165, 1.54) is 34.9 Å². The van der Waals surface area contributed by atoms with Crippen LogP contribution in [0.2, 0.25) is 0 Å². The van der Waals surface area contributed by atoms with Crippen LogP contribution in [0.5, 0.6) is 0 Å². The normalized spacial score (nSPS) is 21.9. The van der Waals surface area contributed by atoms with Crippen molar-refractivity contribution in [3.63, 3.8) is 0 Å². The summed E-state index contributed by atoms with van der Waals surface area (Å²) in [6.45, 7) is 8.12. The lowest BCUT2D eigenvalue weighted by atomic mass is 9.93. The molecule has 1 aromatic rings. The molecule has 2 aliphatic rings. The highest BCUT2D eigenvalue weighted by atomic mass is 127. The van der Waals surface area contributed by atoms with Crippen molar-refractivity contribution in [1.29, 1.82) is 0 Å². The molecule has 23 heavy (non-hydrogen) atoms. The molecule has 1 saturated carbocycles. The van der Waals surface area contributed by atoms with Gasteiger partial charge in [0.1, 0.15) is 16.1 Å². The van der Waals surface area contributed by atoms with Gasteiger partial charge in [0, 0.05) is 27.9 Å². The van der Waals surface area contributed by atoms with Crippen molar-refractivity contribution in [3.05, 3.63) is 27.3 Å². The van der Waals surface area contributed by atoms with E-state index in [9.17, 15) is 4.55 Å². The molecule has 0 amide bonds. The van der Waals surface area contributed by atoms with E-state index < -0.39 is 11.4 Å². The summed E-state index contributed by atoms with van der Waals surface area (Å²) in [6, 6.07) is 6.42. The molecule has 0 aromatic heterocycles. The summed E-state index contributed by atoms with van der Waals surface area (Å²) in [5.41, 5.74) is 3.00. The maximum atomic E-state index is 12.2. The number of halogens is 1. The Labute approximate surface area is 156 Å². The molecule has 126 valence electrons. The lowest BCUT2D eigenvalue weighted by Gasteiger charge is -2.34. The van der Waals surface area contributed by atoms with Gasteiger partial charge in [0.25, 0.3) is 0 Å². The van der Waals surface area contributed by atoms with Gasteiger partial charge >= 0.3 is 0 Å². The molecule has 1 atom stereocenters. The van der Waals surface area contributed by atoms with Crippen LogP contribution in [-0.4, -0.2) is 28.6 Å². The summed E-state index contributed by atoms with van der Waals surface area (Å²) in [6.07, 6.45) is 7.26. The largest absolute Gasteiger partial charge is 0.591 e. The molecule has 5 heteroatoms. The van der Waals surface area contributed by atoms with Crippen LogP contribution in [0.1, 0.15) is 52.0 Å². The van der Waals surface area contributed by atoms with Crippen molar-refractivity contribution >= 4 is 45.9 Å². The average Bonchev–Trinajstić information content (AvgIpc) is 3.25. The van der Waals surface area contributed by atoms with E-state index in [1.807, 2.05) is 20.8 Å². The summed E-state index contributed by atoms with van der Waals surface area (Å²) >= 11 is 1.15. The Morgan fingerprint density at radius 1 is 1.22 bits per heavy atom. The van der Waals surface area contributed by atoms with E-state index in [1.54, 1.807) is 6.21 Å². The van der Waals surface area contributed by atoms with Crippen molar-refractivity contribution in [2.24, 2.45) is 9.81 Å². The summed E-state index contributed by atoms with van der Waals surface area (Å²) in [4.78, 5) is 2.48. The first kappa shape index (κ1) is 17.5. The zero-order chi connectivity index (χ0) is 16.7. The summed E-state index contributed by atoms with van der Waals surface area (Å²) in [7, 11) is 0. The molecule has 3 rings (SSSR count). The van der Waals surface area contributed by atoms with E-state index in [4.69, 9.17) is 0 Å². The van der Waals surface area contributed by atoms with E-state index >= 15 is 0 Å². The minimum Gasteiger partial charge on any atom is -0.591 e. The summed E-state index contributed by atoms with van der Waals surface area (Å²) in [5, 5.41) is 0. The molecule has 0 bridgehead atoms. The third-order valence-corrected chi connectivity index (χ3v) is 6.94. The van der Waals surface area contributed by atoms with Gasteiger partial charge in [0.15, 0.2) is 0 Å². The average molecular weight is 444 g/mol. The highest BCUT2D eigenvalue weighted by Crippen LogP contribution is 2.54. The molecule has 1 saturated heterocycles. The molecule has 1 aliphatic carbocycles. The van der Waals surface area contributed by atoms with E-state index in [-0.39, 0.29) is 4.75 Å². The molecule has 0 N–H and O–H groups in total. The van der Waals surface area contributed by atoms with E-state index in [0.717, 1.165) is 18.7 Å². The van der Waals surface area contributed by atoms with Crippen LogP contribution in [0.3, 0.4) is 0 Å². The minimum absolute atomic E-state index is 0.316. The van der Waals surface area contributed by atoms with Gasteiger partial charge in [-0.05, 0) is 86.6 Å². The van der Waals surface area contributed by atoms with Crippen molar-refractivity contribution < 1.29 is 4.55 Å². The molecular formula is C18H25IN2OS. The Morgan fingerprint density at radius 3 is 2.43 bits per heavy atom. The van der Waals surface area contributed by atoms with Crippen LogP contribution < -0.4 is 4.90 Å². The van der Waals surface area contributed by atoms with Crippen LogP contribution in [0.15, 0.2) is 22.6 Å². The zero-order valence-corrected chi connectivity index (χ0v) is 17.1. The first-order chi connectivity index (χ1) is 10.8. The third-order valence-electron chi connectivity index (χ3n) is 4.93. The fourth-order valence-electron chi connectivity index (χ4n) is 3.06. The van der Waals surface area contributed by atoms with Crippen molar-refractivity contribution in [2.45, 2.75) is 51.2 Å². The second-order valence-electron chi connectivity index (χ2n) is 7.79. The molecule has 1 spiro atoms. The molecule has 1 unspecified atom stereocenters. The highest BCUT2D eigenvalue weighted by Gasteiger charge is 2.44. The molecule has 1 heterocycles. The zero-order valence-electron chi connectivity index (χ0n) is 14.1. The first-order valence-corrected chi connectivity index (χ1v) is 10.5. The SMILES string of the molecule is CC(C)(C)[S+]([O-])/N=C/c1ccc(I)cc1N1CCC2(CC1)CC2. The fourth-order valence-corrected chi connectivity index (χ4v) is 4.06. The maximum Gasteiger partial charge on any atom is 0.144 e. The van der Waals surface area contributed by atoms with Crippen molar-refractivity contribution in [1.82, 2.24) is 0 Å². The van der Waals surface area contributed by atoms with Crippen LogP contribution in [0.25, 0.3) is 0 Å². The van der Waals surface area contributed by atoms with Gasteiger partial charge < -0.3 is 9.45 Å². The first-order valence-electron chi connectivity index (χ1n) is 8.30. The lowest BCUT2D eigenvalue weighted by Crippen LogP contribution is -2.35. The topological polar surface area (TPSA) is 38.7 Å². The predicted molar refractivity (Wildman–Crippen MR) is 108 cm³/mol. The number of nitrogens with zero attached hydrogens (tertiary/aromatic N) is 2. The maximum absolute atomic E-state index is 12.2. The molecular weight excluding hydrogens is 419 g/mol. The van der Waals surface area contributed by atoms with Gasteiger partial charge in [-0.25, -0.2) is 0 Å². The van der Waals surface area contributed by atoms with E-state index in [2.05, 4.69) is 50.1 Å². The number of hydrogen-bond acceptors (Lipinski definition) is 3. The number of rotatable bonds is 3. The fraction of sp³-hybridized carbons (Fsp3) is 0.611. The summed E-state index contributed by atoms with van der Waals surface area (Å²) < 4.78 is 17.4. The van der Waals surface area contributed by atoms with Gasteiger partial charge in [0.2, 0.25) is 0 Å². The van der Waals surface area contributed by atoms with Crippen molar-refractivity contribution in [3.8, 4) is 0 Å². The van der Waals surface area contributed by atoms with Crippen LogP contribution in [-0.2, 0) is 11.4 Å². The molecule has 1 aliphatic heterocycles. The molecule has 3 nitrogen and oxygen atoms in total. The monoisotopic (exact) mass is 444 g/mol. The molecule has 0 radical (unpaired) electrons. The number of anilines is 1. The van der Waals surface area contributed by atoms with Crippen molar-refractivity contribution in [2.75, 3.05) is 18.0 Å². The number of benzene rings is 1. The smallest absolute Gasteiger partial charge is 0.144 e. The predicted octanol–water partition coefficient (Wildman–Crippen LogP) is 4.55. The number of hydrogen-bond donors (Lipinski definition) is 0. The Morgan fingerprint density at radius 2 is 1.87 bits per heavy atom. The van der Waals surface area contributed by atoms with Gasteiger partial charge in [-0.2, -0.15) is 0 Å². The summed E-state index contributed by atoms with van der Waals surface area (Å²) in [5.74, 6) is 0. The Bertz CT molecular complexity index is 598. The Kier molecular flexibility index (Phi) is 5.01. The van der Waals surface area contributed by atoms with Gasteiger partial charge in [-0.3, -0.25) is 0 Å². The Balaban J connectivity index is 1.79. The second kappa shape index (κ2) is 6.56. The number of piperidine rings is 1.